The summed E-state index contributed by atoms with van der Waals surface area (Å²) in [7, 11) is 0. The number of phenols is 1. The second-order valence-corrected chi connectivity index (χ2v) is 7.76. The Labute approximate surface area is 171 Å². The van der Waals surface area contributed by atoms with Gasteiger partial charge in [-0.2, -0.15) is 0 Å². The van der Waals surface area contributed by atoms with Crippen LogP contribution < -0.4 is 10.1 Å². The van der Waals surface area contributed by atoms with Crippen LogP contribution in [0.3, 0.4) is 0 Å². The number of phenolic OH excluding ortho intramolecular Hbond substituents is 1. The Morgan fingerprint density at radius 2 is 1.69 bits per heavy atom. The lowest BCUT2D eigenvalue weighted by atomic mass is 9.75. The number of fused-ring (bicyclic) bond motifs is 1. The highest BCUT2D eigenvalue weighted by Gasteiger charge is 2.33. The normalized spacial score (nSPS) is 17.9. The minimum Gasteiger partial charge on any atom is -0.508 e. The SMILES string of the molecule is CC(=O)Nc1ccc(C2c3ccc(O)cc3OCC2c2ccc(C)c(C)c2)cc1. The van der Waals surface area contributed by atoms with Gasteiger partial charge in [0, 0.05) is 36.1 Å². The van der Waals surface area contributed by atoms with Gasteiger partial charge in [0.25, 0.3) is 0 Å². The fourth-order valence-electron chi connectivity index (χ4n) is 4.07. The van der Waals surface area contributed by atoms with Crippen LogP contribution in [0.4, 0.5) is 5.69 Å². The van der Waals surface area contributed by atoms with E-state index in [1.165, 1.54) is 23.6 Å². The van der Waals surface area contributed by atoms with Crippen molar-refractivity contribution in [3.63, 3.8) is 0 Å². The minimum atomic E-state index is -0.0855. The van der Waals surface area contributed by atoms with Gasteiger partial charge in [0.15, 0.2) is 0 Å². The van der Waals surface area contributed by atoms with Crippen molar-refractivity contribution in [2.24, 2.45) is 0 Å². The lowest BCUT2D eigenvalue weighted by Crippen LogP contribution is -2.25. The summed E-state index contributed by atoms with van der Waals surface area (Å²) >= 11 is 0. The van der Waals surface area contributed by atoms with Gasteiger partial charge in [0.2, 0.25) is 5.91 Å². The summed E-state index contributed by atoms with van der Waals surface area (Å²) in [6.07, 6.45) is 0. The van der Waals surface area contributed by atoms with Crippen molar-refractivity contribution in [1.29, 1.82) is 0 Å². The van der Waals surface area contributed by atoms with Crippen LogP contribution in [0.25, 0.3) is 0 Å². The molecule has 1 amide bonds. The number of benzene rings is 3. The molecule has 0 bridgehead atoms. The molecule has 0 saturated carbocycles. The largest absolute Gasteiger partial charge is 0.508 e. The number of carbonyl (C=O) groups is 1. The van der Waals surface area contributed by atoms with Gasteiger partial charge in [-0.25, -0.2) is 0 Å². The summed E-state index contributed by atoms with van der Waals surface area (Å²) in [5.74, 6) is 1.08. The number of carbonyl (C=O) groups excluding carboxylic acids is 1. The van der Waals surface area contributed by atoms with E-state index in [2.05, 4.69) is 49.5 Å². The first-order chi connectivity index (χ1) is 13.9. The molecule has 0 aromatic heterocycles. The first-order valence-electron chi connectivity index (χ1n) is 9.83. The van der Waals surface area contributed by atoms with Gasteiger partial charge in [0.1, 0.15) is 11.5 Å². The first-order valence-corrected chi connectivity index (χ1v) is 9.83. The molecule has 0 saturated heterocycles. The topological polar surface area (TPSA) is 58.6 Å². The highest BCUT2D eigenvalue weighted by molar-refractivity contribution is 5.88. The zero-order valence-electron chi connectivity index (χ0n) is 16.9. The monoisotopic (exact) mass is 387 g/mol. The summed E-state index contributed by atoms with van der Waals surface area (Å²) in [5, 5.41) is 12.7. The maximum Gasteiger partial charge on any atom is 0.221 e. The number of hydrogen-bond donors (Lipinski definition) is 2. The second-order valence-electron chi connectivity index (χ2n) is 7.76. The van der Waals surface area contributed by atoms with Crippen LogP contribution in [0.5, 0.6) is 11.5 Å². The molecule has 148 valence electrons. The summed E-state index contributed by atoms with van der Waals surface area (Å²) < 4.78 is 6.05. The van der Waals surface area contributed by atoms with E-state index >= 15 is 0 Å². The zero-order valence-corrected chi connectivity index (χ0v) is 16.9. The number of aromatic hydroxyl groups is 1. The third-order valence-electron chi connectivity index (χ3n) is 5.70. The predicted molar refractivity (Wildman–Crippen MR) is 115 cm³/mol. The first kappa shape index (κ1) is 19.1. The molecule has 0 aliphatic carbocycles. The second kappa shape index (κ2) is 7.63. The molecule has 4 rings (SSSR count). The molecule has 1 aliphatic rings. The van der Waals surface area contributed by atoms with Crippen molar-refractivity contribution in [3.8, 4) is 11.5 Å². The van der Waals surface area contributed by atoms with Crippen molar-refractivity contribution in [2.75, 3.05) is 11.9 Å². The fraction of sp³-hybridized carbons (Fsp3) is 0.240. The quantitative estimate of drug-likeness (QED) is 0.643. The molecule has 0 radical (unpaired) electrons. The highest BCUT2D eigenvalue weighted by Crippen LogP contribution is 2.47. The molecule has 3 aromatic carbocycles. The van der Waals surface area contributed by atoms with Crippen LogP contribution in [-0.2, 0) is 4.79 Å². The number of anilines is 1. The fourth-order valence-corrected chi connectivity index (χ4v) is 4.07. The molecule has 3 aromatic rings. The van der Waals surface area contributed by atoms with E-state index in [0.717, 1.165) is 22.6 Å². The maximum absolute atomic E-state index is 11.3. The molecule has 29 heavy (non-hydrogen) atoms. The van der Waals surface area contributed by atoms with Crippen LogP contribution >= 0.6 is 0 Å². The van der Waals surface area contributed by atoms with Crippen LogP contribution in [0.1, 0.15) is 46.6 Å². The van der Waals surface area contributed by atoms with E-state index in [9.17, 15) is 9.90 Å². The van der Waals surface area contributed by atoms with Crippen molar-refractivity contribution in [1.82, 2.24) is 0 Å². The molecule has 1 heterocycles. The lowest BCUT2D eigenvalue weighted by molar-refractivity contribution is -0.114. The van der Waals surface area contributed by atoms with Gasteiger partial charge in [-0.1, -0.05) is 36.4 Å². The van der Waals surface area contributed by atoms with Gasteiger partial charge in [-0.3, -0.25) is 4.79 Å². The van der Waals surface area contributed by atoms with Gasteiger partial charge in [-0.05, 0) is 54.3 Å². The Bertz CT molecular complexity index is 1060. The predicted octanol–water partition coefficient (Wildman–Crippen LogP) is 5.28. The zero-order chi connectivity index (χ0) is 20.5. The average molecular weight is 387 g/mol. The lowest BCUT2D eigenvalue weighted by Gasteiger charge is -2.35. The molecule has 4 nitrogen and oxygen atoms in total. The van der Waals surface area contributed by atoms with Crippen LogP contribution in [0.2, 0.25) is 0 Å². The number of aryl methyl sites for hydroxylation is 2. The standard InChI is InChI=1S/C25H25NO3/c1-15-4-5-19(12-16(15)2)23-14-29-24-13-21(28)10-11-22(24)25(23)18-6-8-20(9-7-18)26-17(3)27/h4-13,23,25,28H,14H2,1-3H3,(H,26,27). The van der Waals surface area contributed by atoms with Gasteiger partial charge in [-0.15, -0.1) is 0 Å². The van der Waals surface area contributed by atoms with Crippen LogP contribution in [-0.4, -0.2) is 17.6 Å². The van der Waals surface area contributed by atoms with Crippen LogP contribution in [0, 0.1) is 13.8 Å². The number of amides is 1. The number of nitrogens with one attached hydrogen (secondary N) is 1. The summed E-state index contributed by atoms with van der Waals surface area (Å²) in [5.41, 5.74) is 6.76. The Kier molecular flexibility index (Phi) is 5.01. The number of ether oxygens (including phenoxy) is 1. The Balaban J connectivity index is 1.79. The van der Waals surface area contributed by atoms with E-state index in [4.69, 9.17) is 4.74 Å². The highest BCUT2D eigenvalue weighted by atomic mass is 16.5. The molecule has 2 atom stereocenters. The van der Waals surface area contributed by atoms with Crippen molar-refractivity contribution < 1.29 is 14.6 Å². The van der Waals surface area contributed by atoms with Crippen LogP contribution in [0.15, 0.2) is 60.7 Å². The Hall–Kier alpha value is -3.27. The van der Waals surface area contributed by atoms with Gasteiger partial charge < -0.3 is 15.2 Å². The van der Waals surface area contributed by atoms with Crippen molar-refractivity contribution in [2.45, 2.75) is 32.6 Å². The van der Waals surface area contributed by atoms with Crippen molar-refractivity contribution >= 4 is 11.6 Å². The van der Waals surface area contributed by atoms with Crippen molar-refractivity contribution in [3.05, 3.63) is 88.5 Å². The molecule has 0 spiro atoms. The third kappa shape index (κ3) is 3.83. The molecule has 2 N–H and O–H groups in total. The molecular formula is C25H25NO3. The smallest absolute Gasteiger partial charge is 0.221 e. The van der Waals surface area contributed by atoms with E-state index in [1.807, 2.05) is 18.2 Å². The van der Waals surface area contributed by atoms with E-state index < -0.39 is 0 Å². The summed E-state index contributed by atoms with van der Waals surface area (Å²) in [6.45, 7) is 6.29. The minimum absolute atomic E-state index is 0.0855. The molecule has 4 heteroatoms. The Morgan fingerprint density at radius 1 is 0.966 bits per heavy atom. The molecule has 0 fully saturated rings. The van der Waals surface area contributed by atoms with E-state index in [-0.39, 0.29) is 23.5 Å². The summed E-state index contributed by atoms with van der Waals surface area (Å²) in [6, 6.07) is 19.9. The molecule has 2 unspecified atom stereocenters. The number of rotatable bonds is 3. The number of hydrogen-bond acceptors (Lipinski definition) is 3. The molecule has 1 aliphatic heterocycles. The van der Waals surface area contributed by atoms with E-state index in [0.29, 0.717) is 6.61 Å². The van der Waals surface area contributed by atoms with E-state index in [1.54, 1.807) is 12.1 Å². The van der Waals surface area contributed by atoms with Gasteiger partial charge >= 0.3 is 0 Å². The average Bonchev–Trinajstić information content (AvgIpc) is 2.69. The summed E-state index contributed by atoms with van der Waals surface area (Å²) in [4.78, 5) is 11.3. The Morgan fingerprint density at radius 3 is 2.38 bits per heavy atom. The maximum atomic E-state index is 11.3. The molecular weight excluding hydrogens is 362 g/mol. The third-order valence-corrected chi connectivity index (χ3v) is 5.70. The van der Waals surface area contributed by atoms with Gasteiger partial charge in [0.05, 0.1) is 6.61 Å².